The van der Waals surface area contributed by atoms with Gasteiger partial charge in [0.25, 0.3) is 5.22 Å². The summed E-state index contributed by atoms with van der Waals surface area (Å²) >= 11 is 0.895. The number of hydrogen-bond donors (Lipinski definition) is 1. The Kier molecular flexibility index (Phi) is 4.71. The van der Waals surface area contributed by atoms with Crippen LogP contribution < -0.4 is 5.32 Å². The third kappa shape index (κ3) is 4.35. The van der Waals surface area contributed by atoms with Crippen LogP contribution in [0.3, 0.4) is 0 Å². The smallest absolute Gasteiger partial charge is 0.416 e. The third-order valence-electron chi connectivity index (χ3n) is 2.38. The summed E-state index contributed by atoms with van der Waals surface area (Å²) < 4.78 is 43.8. The van der Waals surface area contributed by atoms with Crippen molar-refractivity contribution < 1.29 is 17.6 Å². The van der Waals surface area contributed by atoms with Gasteiger partial charge in [-0.05, 0) is 30.3 Å². The zero-order valence-electron chi connectivity index (χ0n) is 11.4. The molecule has 0 saturated heterocycles. The van der Waals surface area contributed by atoms with Crippen LogP contribution in [0.1, 0.15) is 24.8 Å². The largest absolute Gasteiger partial charge is 0.416 e. The molecule has 0 bridgehead atoms. The van der Waals surface area contributed by atoms with Crippen molar-refractivity contribution in [3.63, 3.8) is 0 Å². The first-order chi connectivity index (χ1) is 9.88. The zero-order valence-corrected chi connectivity index (χ0v) is 12.2. The fraction of sp³-hybridized carbons (Fsp3) is 0.417. The predicted molar refractivity (Wildman–Crippen MR) is 71.2 cm³/mol. The van der Waals surface area contributed by atoms with Gasteiger partial charge < -0.3 is 9.73 Å². The predicted octanol–water partition coefficient (Wildman–Crippen LogP) is 3.76. The van der Waals surface area contributed by atoms with Crippen molar-refractivity contribution in [2.45, 2.75) is 36.7 Å². The summed E-state index contributed by atoms with van der Waals surface area (Å²) in [6.07, 6.45) is -3.66. The van der Waals surface area contributed by atoms with Crippen LogP contribution in [0.25, 0.3) is 0 Å². The number of rotatable bonds is 5. The fourth-order valence-electron chi connectivity index (χ4n) is 1.47. The Bertz CT molecular complexity index is 615. The monoisotopic (exact) mass is 318 g/mol. The van der Waals surface area contributed by atoms with E-state index in [1.165, 1.54) is 0 Å². The van der Waals surface area contributed by atoms with Gasteiger partial charge in [0.15, 0.2) is 0 Å². The van der Waals surface area contributed by atoms with E-state index in [9.17, 15) is 13.2 Å². The molecule has 114 valence electrons. The second-order valence-corrected chi connectivity index (χ2v) is 5.16. The van der Waals surface area contributed by atoms with Gasteiger partial charge >= 0.3 is 6.18 Å². The maximum Gasteiger partial charge on any atom is 0.416 e. The van der Waals surface area contributed by atoms with E-state index in [-0.39, 0.29) is 16.1 Å². The van der Waals surface area contributed by atoms with Crippen molar-refractivity contribution in [1.29, 1.82) is 0 Å². The summed E-state index contributed by atoms with van der Waals surface area (Å²) in [5.41, 5.74) is -0.769. The highest BCUT2D eigenvalue weighted by molar-refractivity contribution is 7.99. The molecule has 0 radical (unpaired) electrons. The molecule has 21 heavy (non-hydrogen) atoms. The molecular weight excluding hydrogens is 305 g/mol. The molecule has 0 unspecified atom stereocenters. The summed E-state index contributed by atoms with van der Waals surface area (Å²) in [6, 6.07) is 1.94. The molecule has 0 saturated carbocycles. The average Bonchev–Trinajstić information content (AvgIpc) is 2.80. The van der Waals surface area contributed by atoms with Crippen LogP contribution in [0.2, 0.25) is 0 Å². The molecule has 0 aliphatic rings. The highest BCUT2D eigenvalue weighted by atomic mass is 32.2. The lowest BCUT2D eigenvalue weighted by Crippen LogP contribution is -2.09. The van der Waals surface area contributed by atoms with Gasteiger partial charge in [0, 0.05) is 13.5 Å². The second kappa shape index (κ2) is 6.33. The molecule has 0 aliphatic heterocycles. The molecule has 5 nitrogen and oxygen atoms in total. The molecule has 0 aliphatic carbocycles. The molecular formula is C12H13F3N4OS. The van der Waals surface area contributed by atoms with Gasteiger partial charge in [-0.2, -0.15) is 13.2 Å². The topological polar surface area (TPSA) is 63.8 Å². The minimum absolute atomic E-state index is 0.145. The van der Waals surface area contributed by atoms with Gasteiger partial charge in [-0.3, -0.25) is 0 Å². The van der Waals surface area contributed by atoms with Crippen molar-refractivity contribution >= 4 is 17.6 Å². The number of halogens is 3. The molecule has 1 N–H and O–H groups in total. The van der Waals surface area contributed by atoms with Crippen molar-refractivity contribution in [3.8, 4) is 0 Å². The van der Waals surface area contributed by atoms with Gasteiger partial charge in [0.1, 0.15) is 10.8 Å². The number of anilines is 1. The summed E-state index contributed by atoms with van der Waals surface area (Å²) in [5.74, 6) is 0.513. The number of aromatic nitrogens is 3. The molecule has 0 fully saturated rings. The molecule has 0 amide bonds. The molecule has 2 rings (SSSR count). The van der Waals surface area contributed by atoms with E-state index < -0.39 is 11.7 Å². The van der Waals surface area contributed by atoms with Crippen LogP contribution in [-0.2, 0) is 6.18 Å². The quantitative estimate of drug-likeness (QED) is 0.905. The maximum absolute atomic E-state index is 12.9. The number of pyridine rings is 1. The second-order valence-electron chi connectivity index (χ2n) is 4.19. The lowest BCUT2D eigenvalue weighted by atomic mass is 10.2. The maximum atomic E-state index is 12.9. The van der Waals surface area contributed by atoms with Gasteiger partial charge in [-0.25, -0.2) is 4.98 Å². The lowest BCUT2D eigenvalue weighted by Gasteiger charge is -2.11. The minimum Gasteiger partial charge on any atom is -0.416 e. The third-order valence-corrected chi connectivity index (χ3v) is 3.14. The molecule has 9 heteroatoms. The number of alkyl halides is 3. The summed E-state index contributed by atoms with van der Waals surface area (Å²) in [5, 5.41) is 10.5. The number of aryl methyl sites for hydroxylation is 1. The molecule has 2 aromatic rings. The van der Waals surface area contributed by atoms with Crippen molar-refractivity contribution in [2.24, 2.45) is 0 Å². The Morgan fingerprint density at radius 2 is 2.05 bits per heavy atom. The van der Waals surface area contributed by atoms with E-state index in [1.807, 2.05) is 6.92 Å². The van der Waals surface area contributed by atoms with Gasteiger partial charge in [0.2, 0.25) is 5.89 Å². The first-order valence-corrected chi connectivity index (χ1v) is 7.01. The van der Waals surface area contributed by atoms with E-state index in [1.54, 1.807) is 6.92 Å². The fourth-order valence-corrected chi connectivity index (χ4v) is 2.23. The van der Waals surface area contributed by atoms with Crippen molar-refractivity contribution in [3.05, 3.63) is 23.6 Å². The van der Waals surface area contributed by atoms with Crippen LogP contribution in [0.15, 0.2) is 26.8 Å². The highest BCUT2D eigenvalue weighted by Gasteiger charge is 2.32. The molecule has 2 aromatic heterocycles. The molecule has 2 heterocycles. The van der Waals surface area contributed by atoms with E-state index in [4.69, 9.17) is 4.42 Å². The Morgan fingerprint density at radius 1 is 1.29 bits per heavy atom. The molecule has 0 atom stereocenters. The van der Waals surface area contributed by atoms with Gasteiger partial charge in [0.05, 0.1) is 5.56 Å². The highest BCUT2D eigenvalue weighted by Crippen LogP contribution is 2.34. The number of nitrogens with one attached hydrogen (secondary N) is 1. The van der Waals surface area contributed by atoms with Crippen LogP contribution >= 0.6 is 11.8 Å². The summed E-state index contributed by atoms with van der Waals surface area (Å²) in [4.78, 5) is 4.11. The normalized spacial score (nSPS) is 11.7. The first kappa shape index (κ1) is 15.6. The molecule has 0 spiro atoms. The standard InChI is InChI=1S/C12H13F3N4OS/c1-3-4-16-9-5-8(12(13,14)15)6-10(17-9)21-11-19-18-7(2)20-11/h5-6H,3-4H2,1-2H3,(H,16,17). The van der Waals surface area contributed by atoms with Crippen LogP contribution in [0, 0.1) is 6.92 Å². The van der Waals surface area contributed by atoms with E-state index in [2.05, 4.69) is 20.5 Å². The van der Waals surface area contributed by atoms with Gasteiger partial charge in [-0.1, -0.05) is 6.92 Å². The Balaban J connectivity index is 2.30. The van der Waals surface area contributed by atoms with E-state index in [0.717, 1.165) is 30.3 Å². The van der Waals surface area contributed by atoms with Crippen LogP contribution in [0.4, 0.5) is 19.0 Å². The van der Waals surface area contributed by atoms with Gasteiger partial charge in [-0.15, -0.1) is 10.2 Å². The Hall–Kier alpha value is -1.77. The Morgan fingerprint density at radius 3 is 2.62 bits per heavy atom. The number of nitrogens with zero attached hydrogens (tertiary/aromatic N) is 3. The zero-order chi connectivity index (χ0) is 15.5. The van der Waals surface area contributed by atoms with Crippen molar-refractivity contribution in [2.75, 3.05) is 11.9 Å². The van der Waals surface area contributed by atoms with Crippen LogP contribution in [-0.4, -0.2) is 21.7 Å². The Labute approximate surface area is 123 Å². The number of hydrogen-bond acceptors (Lipinski definition) is 6. The molecule has 0 aromatic carbocycles. The summed E-state index contributed by atoms with van der Waals surface area (Å²) in [6.45, 7) is 4.06. The minimum atomic E-state index is -4.44. The van der Waals surface area contributed by atoms with E-state index >= 15 is 0 Å². The van der Waals surface area contributed by atoms with E-state index in [0.29, 0.717) is 12.4 Å². The van der Waals surface area contributed by atoms with Crippen LogP contribution in [0.5, 0.6) is 0 Å². The first-order valence-electron chi connectivity index (χ1n) is 6.19. The average molecular weight is 318 g/mol. The SMILES string of the molecule is CCCNc1cc(C(F)(F)F)cc(Sc2nnc(C)o2)n1. The van der Waals surface area contributed by atoms with Crippen molar-refractivity contribution in [1.82, 2.24) is 15.2 Å². The lowest BCUT2D eigenvalue weighted by molar-refractivity contribution is -0.137. The summed E-state index contributed by atoms with van der Waals surface area (Å²) in [7, 11) is 0.